The molecule has 4 nitrogen and oxygen atoms in total. The predicted molar refractivity (Wildman–Crippen MR) is 61.5 cm³/mol. The summed E-state index contributed by atoms with van der Waals surface area (Å²) in [5, 5.41) is -2.56. The molecular weight excluding hydrogens is 344 g/mol. The minimum Gasteiger partial charge on any atom is -0.462 e. The molecule has 0 fully saturated rings. The van der Waals surface area contributed by atoms with Crippen LogP contribution in [0.25, 0.3) is 0 Å². The van der Waals surface area contributed by atoms with E-state index in [0.717, 1.165) is 0 Å². The molecule has 1 aromatic heterocycles. The van der Waals surface area contributed by atoms with Crippen molar-refractivity contribution in [2.24, 2.45) is 0 Å². The highest BCUT2D eigenvalue weighted by Crippen LogP contribution is 2.53. The molecule has 1 aromatic rings. The lowest BCUT2D eigenvalue weighted by molar-refractivity contribution is -0.292. The molecule has 1 heterocycles. The first kappa shape index (κ1) is 18.6. The highest BCUT2D eigenvalue weighted by Gasteiger charge is 2.74. The number of hydrogen-bond donors (Lipinski definition) is 0. The Balaban J connectivity index is 3.49. The number of carbonyl (C=O) groups is 1. The lowest BCUT2D eigenvalue weighted by atomic mass is 10.0. The molecule has 0 N–H and O–H groups in total. The van der Waals surface area contributed by atoms with Gasteiger partial charge in [0.15, 0.2) is 0 Å². The van der Waals surface area contributed by atoms with E-state index >= 15 is 0 Å². The molecule has 0 aliphatic heterocycles. The number of ether oxygens (including phenoxy) is 1. The Morgan fingerprint density at radius 2 is 1.77 bits per heavy atom. The van der Waals surface area contributed by atoms with E-state index in [1.54, 1.807) is 0 Å². The van der Waals surface area contributed by atoms with Crippen LogP contribution in [0.3, 0.4) is 0 Å². The Bertz CT molecular complexity index is 555. The van der Waals surface area contributed by atoms with Gasteiger partial charge in [-0.3, -0.25) is 0 Å². The van der Waals surface area contributed by atoms with Gasteiger partial charge < -0.3 is 9.26 Å². The molecule has 0 aliphatic rings. The summed E-state index contributed by atoms with van der Waals surface area (Å²) >= 11 is 4.05. The molecule has 0 bridgehead atoms. The summed E-state index contributed by atoms with van der Waals surface area (Å²) < 4.78 is 87.8. The van der Waals surface area contributed by atoms with Crippen LogP contribution in [0.2, 0.25) is 0 Å². The molecule has 0 aromatic carbocycles. The van der Waals surface area contributed by atoms with Crippen LogP contribution in [0.4, 0.5) is 26.3 Å². The number of esters is 1. The summed E-state index contributed by atoms with van der Waals surface area (Å²) in [7, 11) is 0. The van der Waals surface area contributed by atoms with Gasteiger partial charge in [-0.25, -0.2) is 4.79 Å². The second-order valence-corrected chi connectivity index (χ2v) is 4.53. The third kappa shape index (κ3) is 2.88. The molecule has 0 unspecified atom stereocenters. The van der Waals surface area contributed by atoms with Crippen molar-refractivity contribution < 1.29 is 40.4 Å². The molecule has 0 spiro atoms. The molecule has 0 aliphatic carbocycles. The summed E-state index contributed by atoms with van der Waals surface area (Å²) in [6.45, 7) is 2.42. The molecule has 0 saturated carbocycles. The van der Waals surface area contributed by atoms with Gasteiger partial charge in [0, 0.05) is 0 Å². The topological polar surface area (TPSA) is 52.3 Å². The van der Waals surface area contributed by atoms with Crippen LogP contribution in [0.5, 0.6) is 0 Å². The van der Waals surface area contributed by atoms with Crippen LogP contribution >= 0.6 is 11.6 Å². The maximum absolute atomic E-state index is 13.8. The fourth-order valence-electron chi connectivity index (χ4n) is 1.51. The van der Waals surface area contributed by atoms with Crippen LogP contribution in [-0.2, 0) is 17.1 Å². The highest BCUT2D eigenvalue weighted by atomic mass is 35.5. The molecule has 0 amide bonds. The normalized spacial score (nSPS) is 13.3. The van der Waals surface area contributed by atoms with Gasteiger partial charge in [-0.1, -0.05) is 12.1 Å². The first-order valence-electron chi connectivity index (χ1n) is 5.90. The molecule has 22 heavy (non-hydrogen) atoms. The van der Waals surface area contributed by atoms with E-state index in [-0.39, 0.29) is 13.0 Å². The summed E-state index contributed by atoms with van der Waals surface area (Å²) in [4.78, 5) is 11.6. The van der Waals surface area contributed by atoms with Gasteiger partial charge in [0.05, 0.1) is 12.3 Å². The van der Waals surface area contributed by atoms with Crippen LogP contribution < -0.4 is 0 Å². The van der Waals surface area contributed by atoms with Crippen LogP contribution in [-0.4, -0.2) is 29.0 Å². The number of aryl methyl sites for hydroxylation is 1. The lowest BCUT2D eigenvalue weighted by Gasteiger charge is -2.27. The summed E-state index contributed by atoms with van der Waals surface area (Å²) in [5.41, 5.74) is -1.54. The van der Waals surface area contributed by atoms with Gasteiger partial charge in [0.1, 0.15) is 5.56 Å². The summed E-state index contributed by atoms with van der Waals surface area (Å²) in [5.74, 6) is -15.1. The largest absolute Gasteiger partial charge is 0.462 e. The number of aromatic nitrogens is 1. The maximum Gasteiger partial charge on any atom is 0.394 e. The Kier molecular flexibility index (Phi) is 5.05. The monoisotopic (exact) mass is 353 g/mol. The van der Waals surface area contributed by atoms with Gasteiger partial charge >= 0.3 is 23.2 Å². The quantitative estimate of drug-likeness (QED) is 0.441. The number of hydrogen-bond acceptors (Lipinski definition) is 4. The molecule has 0 radical (unpaired) electrons. The fourth-order valence-corrected chi connectivity index (χ4v) is 1.63. The van der Waals surface area contributed by atoms with E-state index in [0.29, 0.717) is 0 Å². The van der Waals surface area contributed by atoms with Gasteiger partial charge in [-0.15, -0.1) is 0 Å². The zero-order valence-electron chi connectivity index (χ0n) is 11.2. The number of rotatable bonds is 6. The number of halogens is 7. The van der Waals surface area contributed by atoms with Gasteiger partial charge in [0.2, 0.25) is 5.76 Å². The second kappa shape index (κ2) is 5.98. The minimum absolute atomic E-state index is 0.156. The van der Waals surface area contributed by atoms with E-state index < -0.39 is 40.2 Å². The van der Waals surface area contributed by atoms with Crippen molar-refractivity contribution in [1.82, 2.24) is 5.16 Å². The van der Waals surface area contributed by atoms with Gasteiger partial charge in [-0.2, -0.15) is 26.3 Å². The molecule has 1 rings (SSSR count). The number of carbonyl (C=O) groups excluding carboxylic acids is 1. The minimum atomic E-state index is -6.02. The Labute approximate surface area is 125 Å². The molecular formula is C11H10ClF6NO3. The third-order valence-corrected chi connectivity index (χ3v) is 2.85. The van der Waals surface area contributed by atoms with E-state index in [1.165, 1.54) is 13.8 Å². The van der Waals surface area contributed by atoms with Crippen molar-refractivity contribution in [2.45, 2.75) is 37.5 Å². The SMILES string of the molecule is CCOC(=O)c1c(CC)noc1C(F)(F)C(F)(F)C(F)(F)Cl. The van der Waals surface area contributed by atoms with Gasteiger partial charge in [0.25, 0.3) is 0 Å². The van der Waals surface area contributed by atoms with Crippen molar-refractivity contribution in [3.8, 4) is 0 Å². The van der Waals surface area contributed by atoms with Crippen molar-refractivity contribution in [3.05, 3.63) is 17.0 Å². The smallest absolute Gasteiger partial charge is 0.394 e. The van der Waals surface area contributed by atoms with Crippen LogP contribution in [0.1, 0.15) is 35.7 Å². The summed E-state index contributed by atoms with van der Waals surface area (Å²) in [6, 6.07) is 0. The Morgan fingerprint density at radius 3 is 2.18 bits per heavy atom. The van der Waals surface area contributed by atoms with Crippen molar-refractivity contribution in [3.63, 3.8) is 0 Å². The van der Waals surface area contributed by atoms with Crippen molar-refractivity contribution in [2.75, 3.05) is 6.61 Å². The van der Waals surface area contributed by atoms with Crippen molar-refractivity contribution in [1.29, 1.82) is 0 Å². The van der Waals surface area contributed by atoms with E-state index in [2.05, 4.69) is 26.0 Å². The standard InChI is InChI=1S/C11H10ClF6NO3/c1-3-5-6(8(20)21-4-2)7(22-19-5)9(13,14)10(15,16)11(12,17)18/h3-4H2,1-2H3. The lowest BCUT2D eigenvalue weighted by Crippen LogP contribution is -2.49. The average molecular weight is 354 g/mol. The average Bonchev–Trinajstić information content (AvgIpc) is 2.81. The van der Waals surface area contributed by atoms with Crippen LogP contribution in [0, 0.1) is 0 Å². The highest BCUT2D eigenvalue weighted by molar-refractivity contribution is 6.22. The first-order valence-corrected chi connectivity index (χ1v) is 6.28. The predicted octanol–water partition coefficient (Wildman–Crippen LogP) is 3.97. The first-order chi connectivity index (χ1) is 9.91. The molecule has 0 atom stereocenters. The Morgan fingerprint density at radius 1 is 1.23 bits per heavy atom. The van der Waals surface area contributed by atoms with E-state index in [9.17, 15) is 31.1 Å². The second-order valence-electron chi connectivity index (χ2n) is 4.05. The van der Waals surface area contributed by atoms with Crippen LogP contribution in [0.15, 0.2) is 4.52 Å². The van der Waals surface area contributed by atoms with Gasteiger partial charge in [-0.05, 0) is 24.9 Å². The molecule has 126 valence electrons. The Hall–Kier alpha value is -1.45. The number of alkyl halides is 7. The third-order valence-electron chi connectivity index (χ3n) is 2.61. The van der Waals surface area contributed by atoms with E-state index in [1.807, 2.05) is 0 Å². The number of nitrogens with zero attached hydrogens (tertiary/aromatic N) is 1. The van der Waals surface area contributed by atoms with E-state index in [4.69, 9.17) is 0 Å². The zero-order valence-corrected chi connectivity index (χ0v) is 12.0. The fraction of sp³-hybridized carbons (Fsp3) is 0.636. The maximum atomic E-state index is 13.8. The summed E-state index contributed by atoms with van der Waals surface area (Å²) in [6.07, 6.45) is -0.156. The zero-order chi connectivity index (χ0) is 17.3. The molecule has 0 saturated heterocycles. The van der Waals surface area contributed by atoms with Crippen molar-refractivity contribution >= 4 is 17.6 Å². The molecule has 11 heteroatoms.